The lowest BCUT2D eigenvalue weighted by molar-refractivity contribution is 0.102. The molecule has 1 aliphatic rings. The number of aliphatic hydroxyl groups is 1. The maximum Gasteiger partial charge on any atom is 0.276 e. The van der Waals surface area contributed by atoms with Crippen LogP contribution in [0.2, 0.25) is 0 Å². The van der Waals surface area contributed by atoms with Crippen LogP contribution in [-0.4, -0.2) is 50.4 Å². The van der Waals surface area contributed by atoms with Gasteiger partial charge in [-0.05, 0) is 60.9 Å². The summed E-state index contributed by atoms with van der Waals surface area (Å²) in [5.41, 5.74) is 3.37. The van der Waals surface area contributed by atoms with Crippen LogP contribution >= 0.6 is 0 Å². The van der Waals surface area contributed by atoms with Crippen molar-refractivity contribution in [2.45, 2.75) is 18.9 Å². The van der Waals surface area contributed by atoms with Gasteiger partial charge in [0.2, 0.25) is 0 Å². The molecule has 2 aromatic carbocycles. The Labute approximate surface area is 219 Å². The van der Waals surface area contributed by atoms with Crippen LogP contribution in [0.4, 0.5) is 11.5 Å². The van der Waals surface area contributed by atoms with Gasteiger partial charge < -0.3 is 20.1 Å². The molecule has 38 heavy (non-hydrogen) atoms. The lowest BCUT2D eigenvalue weighted by Gasteiger charge is -2.30. The summed E-state index contributed by atoms with van der Waals surface area (Å²) in [4.78, 5) is 24.1. The zero-order valence-electron chi connectivity index (χ0n) is 20.5. The van der Waals surface area contributed by atoms with Gasteiger partial charge in [-0.2, -0.15) is 5.10 Å². The van der Waals surface area contributed by atoms with Crippen molar-refractivity contribution < 1.29 is 14.6 Å². The number of anilines is 2. The van der Waals surface area contributed by atoms with Crippen LogP contribution in [0.25, 0.3) is 22.0 Å². The van der Waals surface area contributed by atoms with Gasteiger partial charge in [-0.3, -0.25) is 14.9 Å². The van der Waals surface area contributed by atoms with Gasteiger partial charge in [-0.15, -0.1) is 0 Å². The molecule has 1 saturated heterocycles. The number of H-pyrrole nitrogens is 1. The standard InChI is InChI=1S/C29H26N6O3/c36-22-10-12-35(13-11-22)27-9-7-21(17-31-27)32-29(37)28-25-15-19(6-8-26(25)33-34-28)20-14-24(18-30-16-20)38-23-4-2-1-3-5-23/h1-9,14-18,22,36H,10-13H2,(H,32,37)(H,33,34). The number of nitrogens with zero attached hydrogens (tertiary/aromatic N) is 4. The van der Waals surface area contributed by atoms with E-state index in [0.29, 0.717) is 22.5 Å². The van der Waals surface area contributed by atoms with Gasteiger partial charge in [0.05, 0.1) is 29.7 Å². The third-order valence-electron chi connectivity index (χ3n) is 6.60. The van der Waals surface area contributed by atoms with Gasteiger partial charge in [-0.25, -0.2) is 4.98 Å². The number of aliphatic hydroxyl groups excluding tert-OH is 1. The minimum atomic E-state index is -0.330. The molecular formula is C29H26N6O3. The number of carbonyl (C=O) groups is 1. The van der Waals surface area contributed by atoms with Crippen molar-refractivity contribution in [3.05, 3.63) is 91.0 Å². The molecule has 0 bridgehead atoms. The second-order valence-electron chi connectivity index (χ2n) is 9.23. The summed E-state index contributed by atoms with van der Waals surface area (Å²) in [5.74, 6) is 1.85. The van der Waals surface area contributed by atoms with Crippen molar-refractivity contribution in [1.29, 1.82) is 0 Å². The van der Waals surface area contributed by atoms with E-state index in [1.165, 1.54) is 0 Å². The van der Waals surface area contributed by atoms with Gasteiger partial charge in [0.25, 0.3) is 5.91 Å². The molecule has 1 aliphatic heterocycles. The SMILES string of the molecule is O=C(Nc1ccc(N2CCC(O)CC2)nc1)c1n[nH]c2ccc(-c3cncc(Oc4ccccc4)c3)cc12. The molecule has 190 valence electrons. The van der Waals surface area contributed by atoms with Crippen molar-refractivity contribution in [1.82, 2.24) is 20.2 Å². The van der Waals surface area contributed by atoms with E-state index in [1.54, 1.807) is 18.6 Å². The molecule has 0 radical (unpaired) electrons. The van der Waals surface area contributed by atoms with Crippen LogP contribution in [0, 0.1) is 0 Å². The number of aromatic amines is 1. The Kier molecular flexibility index (Phi) is 6.41. The molecule has 6 rings (SSSR count). The molecule has 0 saturated carbocycles. The van der Waals surface area contributed by atoms with Crippen LogP contribution in [0.15, 0.2) is 85.3 Å². The second-order valence-corrected chi connectivity index (χ2v) is 9.23. The first-order valence-electron chi connectivity index (χ1n) is 12.5. The zero-order valence-corrected chi connectivity index (χ0v) is 20.5. The Morgan fingerprint density at radius 2 is 1.79 bits per heavy atom. The number of hydrogen-bond donors (Lipinski definition) is 3. The Bertz CT molecular complexity index is 1560. The average molecular weight is 507 g/mol. The summed E-state index contributed by atoms with van der Waals surface area (Å²) < 4.78 is 5.93. The van der Waals surface area contributed by atoms with E-state index >= 15 is 0 Å². The fourth-order valence-corrected chi connectivity index (χ4v) is 4.56. The van der Waals surface area contributed by atoms with Crippen LogP contribution in [0.3, 0.4) is 0 Å². The van der Waals surface area contributed by atoms with E-state index < -0.39 is 0 Å². The smallest absolute Gasteiger partial charge is 0.276 e. The molecule has 3 N–H and O–H groups in total. The molecule has 0 aliphatic carbocycles. The molecule has 3 aromatic heterocycles. The quantitative estimate of drug-likeness (QED) is 0.296. The number of carbonyl (C=O) groups excluding carboxylic acids is 1. The fraction of sp³-hybridized carbons (Fsp3) is 0.172. The Morgan fingerprint density at radius 1 is 0.947 bits per heavy atom. The number of ether oxygens (including phenoxy) is 1. The summed E-state index contributed by atoms with van der Waals surface area (Å²) in [6, 6.07) is 20.9. The van der Waals surface area contributed by atoms with Crippen LogP contribution in [-0.2, 0) is 0 Å². The third kappa shape index (κ3) is 5.05. The first-order valence-corrected chi connectivity index (χ1v) is 12.5. The van der Waals surface area contributed by atoms with Crippen LogP contribution in [0.1, 0.15) is 23.3 Å². The lowest BCUT2D eigenvalue weighted by atomic mass is 10.0. The number of para-hydroxylation sites is 1. The van der Waals surface area contributed by atoms with Crippen molar-refractivity contribution in [3.8, 4) is 22.6 Å². The molecule has 0 spiro atoms. The second kappa shape index (κ2) is 10.3. The van der Waals surface area contributed by atoms with Crippen LogP contribution < -0.4 is 15.0 Å². The topological polar surface area (TPSA) is 116 Å². The number of rotatable bonds is 6. The van der Waals surface area contributed by atoms with Crippen molar-refractivity contribution in [2.24, 2.45) is 0 Å². The monoisotopic (exact) mass is 506 g/mol. The number of fused-ring (bicyclic) bond motifs is 1. The van der Waals surface area contributed by atoms with Gasteiger partial charge in [0.15, 0.2) is 5.69 Å². The molecule has 9 nitrogen and oxygen atoms in total. The molecule has 9 heteroatoms. The summed E-state index contributed by atoms with van der Waals surface area (Å²) in [5, 5.41) is 20.5. The van der Waals surface area contributed by atoms with E-state index in [2.05, 4.69) is 30.4 Å². The van der Waals surface area contributed by atoms with Gasteiger partial charge in [-0.1, -0.05) is 24.3 Å². The van der Waals surface area contributed by atoms with Gasteiger partial charge in [0.1, 0.15) is 17.3 Å². The number of amides is 1. The number of piperidine rings is 1. The van der Waals surface area contributed by atoms with E-state index in [0.717, 1.165) is 54.1 Å². The number of benzene rings is 2. The lowest BCUT2D eigenvalue weighted by Crippen LogP contribution is -2.36. The Balaban J connectivity index is 1.20. The highest BCUT2D eigenvalue weighted by molar-refractivity contribution is 6.11. The van der Waals surface area contributed by atoms with Gasteiger partial charge >= 0.3 is 0 Å². The summed E-state index contributed by atoms with van der Waals surface area (Å²) in [6.07, 6.45) is 6.29. The number of hydrogen-bond acceptors (Lipinski definition) is 7. The minimum Gasteiger partial charge on any atom is -0.456 e. The van der Waals surface area contributed by atoms with Crippen molar-refractivity contribution in [2.75, 3.05) is 23.3 Å². The molecule has 4 heterocycles. The maximum absolute atomic E-state index is 13.1. The largest absolute Gasteiger partial charge is 0.456 e. The minimum absolute atomic E-state index is 0.239. The van der Waals surface area contributed by atoms with E-state index in [4.69, 9.17) is 4.74 Å². The Hall–Kier alpha value is -4.76. The Morgan fingerprint density at radius 3 is 2.58 bits per heavy atom. The fourth-order valence-electron chi connectivity index (χ4n) is 4.56. The van der Waals surface area contributed by atoms with Crippen molar-refractivity contribution >= 4 is 28.3 Å². The number of nitrogens with one attached hydrogen (secondary N) is 2. The summed E-state index contributed by atoms with van der Waals surface area (Å²) in [6.45, 7) is 1.52. The number of aromatic nitrogens is 4. The highest BCUT2D eigenvalue weighted by Gasteiger charge is 2.19. The first kappa shape index (κ1) is 23.6. The van der Waals surface area contributed by atoms with Gasteiger partial charge in [0, 0.05) is 30.2 Å². The summed E-state index contributed by atoms with van der Waals surface area (Å²) in [7, 11) is 0. The van der Waals surface area contributed by atoms with E-state index in [1.807, 2.05) is 66.7 Å². The molecule has 1 amide bonds. The number of pyridine rings is 2. The highest BCUT2D eigenvalue weighted by atomic mass is 16.5. The molecular weight excluding hydrogens is 480 g/mol. The predicted octanol–water partition coefficient (Wildman–Crippen LogP) is 5.03. The molecule has 0 atom stereocenters. The highest BCUT2D eigenvalue weighted by Crippen LogP contribution is 2.29. The molecule has 0 unspecified atom stereocenters. The van der Waals surface area contributed by atoms with E-state index in [9.17, 15) is 9.90 Å². The predicted molar refractivity (Wildman–Crippen MR) is 145 cm³/mol. The summed E-state index contributed by atoms with van der Waals surface area (Å²) >= 11 is 0. The van der Waals surface area contributed by atoms with Crippen molar-refractivity contribution in [3.63, 3.8) is 0 Å². The third-order valence-corrected chi connectivity index (χ3v) is 6.60. The maximum atomic E-state index is 13.1. The van der Waals surface area contributed by atoms with E-state index in [-0.39, 0.29) is 12.0 Å². The van der Waals surface area contributed by atoms with Crippen LogP contribution in [0.5, 0.6) is 11.5 Å². The molecule has 5 aromatic rings. The first-order chi connectivity index (χ1) is 18.6. The molecule has 1 fully saturated rings. The average Bonchev–Trinajstić information content (AvgIpc) is 3.38. The normalized spacial score (nSPS) is 14.0. The zero-order chi connectivity index (χ0) is 25.9.